The summed E-state index contributed by atoms with van der Waals surface area (Å²) in [5.74, 6) is 0.722. The van der Waals surface area contributed by atoms with Crippen LogP contribution >= 0.6 is 12.2 Å². The van der Waals surface area contributed by atoms with E-state index in [1.807, 2.05) is 18.2 Å². The Hall–Kier alpha value is -3.26. The summed E-state index contributed by atoms with van der Waals surface area (Å²) in [6.45, 7) is 0.340. The Morgan fingerprint density at radius 3 is 2.96 bits per heavy atom. The van der Waals surface area contributed by atoms with E-state index in [9.17, 15) is 9.59 Å². The van der Waals surface area contributed by atoms with E-state index < -0.39 is 0 Å². The zero-order chi connectivity index (χ0) is 18.1. The van der Waals surface area contributed by atoms with Crippen molar-refractivity contribution in [2.24, 2.45) is 0 Å². The number of H-pyrrole nitrogens is 2. The second-order valence-electron chi connectivity index (χ2n) is 5.82. The molecule has 4 rings (SSSR count). The minimum Gasteiger partial charge on any atom is -0.440 e. The monoisotopic (exact) mass is 366 g/mol. The van der Waals surface area contributed by atoms with Gasteiger partial charge in [0.1, 0.15) is 5.75 Å². The summed E-state index contributed by atoms with van der Waals surface area (Å²) in [7, 11) is 0. The van der Waals surface area contributed by atoms with Gasteiger partial charge in [0, 0.05) is 23.7 Å². The number of fused-ring (bicyclic) bond motifs is 2. The first-order valence-corrected chi connectivity index (χ1v) is 8.35. The first-order valence-electron chi connectivity index (χ1n) is 7.94. The smallest absolute Gasteiger partial charge is 0.259 e. The third kappa shape index (κ3) is 3.14. The molecule has 1 aliphatic rings. The highest BCUT2D eigenvalue weighted by molar-refractivity contribution is 7.71. The molecule has 0 saturated heterocycles. The molecule has 0 fully saturated rings. The SMILES string of the molecule is O=C(NCc1ccccn1)c1ccc2c(c1)Cc1c([nH]c(=S)[nH]c1=O)O2. The number of carbonyl (C=O) groups excluding carboxylic acids is 1. The largest absolute Gasteiger partial charge is 0.440 e. The number of pyridine rings is 1. The molecule has 1 aromatic carbocycles. The van der Waals surface area contributed by atoms with E-state index >= 15 is 0 Å². The number of rotatable bonds is 3. The predicted molar refractivity (Wildman–Crippen MR) is 97.0 cm³/mol. The minimum absolute atomic E-state index is 0.211. The number of aromatic amines is 2. The molecule has 0 unspecified atom stereocenters. The van der Waals surface area contributed by atoms with Crippen molar-refractivity contribution < 1.29 is 9.53 Å². The summed E-state index contributed by atoms with van der Waals surface area (Å²) in [6.07, 6.45) is 2.03. The maximum Gasteiger partial charge on any atom is 0.259 e. The fraction of sp³-hybridized carbons (Fsp3) is 0.111. The average molecular weight is 366 g/mol. The summed E-state index contributed by atoms with van der Waals surface area (Å²) in [5, 5.41) is 2.83. The normalized spacial score (nSPS) is 11.8. The summed E-state index contributed by atoms with van der Waals surface area (Å²) in [4.78, 5) is 34.0. The minimum atomic E-state index is -0.292. The van der Waals surface area contributed by atoms with Gasteiger partial charge in [-0.2, -0.15) is 0 Å². The number of benzene rings is 1. The van der Waals surface area contributed by atoms with E-state index in [2.05, 4.69) is 20.3 Å². The number of hydrogen-bond donors (Lipinski definition) is 3. The molecule has 2 aromatic heterocycles. The summed E-state index contributed by atoms with van der Waals surface area (Å²) < 4.78 is 5.93. The zero-order valence-electron chi connectivity index (χ0n) is 13.5. The fourth-order valence-corrected chi connectivity index (χ4v) is 2.96. The Kier molecular flexibility index (Phi) is 4.10. The summed E-state index contributed by atoms with van der Waals surface area (Å²) >= 11 is 4.96. The van der Waals surface area contributed by atoms with Crippen LogP contribution in [0.4, 0.5) is 0 Å². The quantitative estimate of drug-likeness (QED) is 0.484. The van der Waals surface area contributed by atoms with E-state index in [0.29, 0.717) is 35.7 Å². The molecular formula is C18H14N4O3S. The highest BCUT2D eigenvalue weighted by atomic mass is 32.1. The lowest BCUT2D eigenvalue weighted by atomic mass is 10.0. The molecule has 1 amide bonds. The van der Waals surface area contributed by atoms with Crippen molar-refractivity contribution in [1.82, 2.24) is 20.3 Å². The number of aromatic nitrogens is 3. The first-order chi connectivity index (χ1) is 12.6. The number of hydrogen-bond acceptors (Lipinski definition) is 5. The fourth-order valence-electron chi connectivity index (χ4n) is 2.77. The number of amides is 1. The Balaban J connectivity index is 1.56. The lowest BCUT2D eigenvalue weighted by molar-refractivity contribution is 0.0950. The van der Waals surface area contributed by atoms with Crippen LogP contribution in [-0.2, 0) is 13.0 Å². The van der Waals surface area contributed by atoms with Crippen molar-refractivity contribution >= 4 is 18.1 Å². The predicted octanol–water partition coefficient (Wildman–Crippen LogP) is 2.45. The number of nitrogens with one attached hydrogen (secondary N) is 3. The maximum absolute atomic E-state index is 12.4. The molecule has 0 bridgehead atoms. The number of carbonyl (C=O) groups is 1. The van der Waals surface area contributed by atoms with Gasteiger partial charge in [-0.3, -0.25) is 19.6 Å². The molecular weight excluding hydrogens is 352 g/mol. The Bertz CT molecular complexity index is 1110. The first kappa shape index (κ1) is 16.2. The maximum atomic E-state index is 12.4. The van der Waals surface area contributed by atoms with Gasteiger partial charge < -0.3 is 15.0 Å². The second-order valence-corrected chi connectivity index (χ2v) is 6.23. The molecule has 3 heterocycles. The van der Waals surface area contributed by atoms with Crippen LogP contribution in [0.1, 0.15) is 27.2 Å². The molecule has 0 saturated carbocycles. The topological polar surface area (TPSA) is 99.9 Å². The van der Waals surface area contributed by atoms with Crippen LogP contribution < -0.4 is 15.6 Å². The molecule has 0 atom stereocenters. The molecule has 3 aromatic rings. The molecule has 8 heteroatoms. The molecule has 3 N–H and O–H groups in total. The second kappa shape index (κ2) is 6.57. The van der Waals surface area contributed by atoms with Gasteiger partial charge in [-0.05, 0) is 42.5 Å². The van der Waals surface area contributed by atoms with Gasteiger partial charge in [0.05, 0.1) is 17.8 Å². The van der Waals surface area contributed by atoms with E-state index in [-0.39, 0.29) is 16.2 Å². The molecule has 0 spiro atoms. The van der Waals surface area contributed by atoms with Crippen LogP contribution in [0.5, 0.6) is 11.6 Å². The van der Waals surface area contributed by atoms with Crippen LogP contribution in [0.15, 0.2) is 47.4 Å². The van der Waals surface area contributed by atoms with Crippen molar-refractivity contribution in [3.63, 3.8) is 0 Å². The van der Waals surface area contributed by atoms with Gasteiger partial charge in [0.25, 0.3) is 11.5 Å². The Labute approximate surface area is 153 Å². The third-order valence-electron chi connectivity index (χ3n) is 4.06. The Morgan fingerprint density at radius 2 is 2.15 bits per heavy atom. The molecule has 1 aliphatic heterocycles. The number of nitrogens with zero attached hydrogens (tertiary/aromatic N) is 1. The van der Waals surface area contributed by atoms with E-state index in [1.54, 1.807) is 24.4 Å². The lowest BCUT2D eigenvalue weighted by Crippen LogP contribution is -2.24. The van der Waals surface area contributed by atoms with E-state index in [4.69, 9.17) is 17.0 Å². The third-order valence-corrected chi connectivity index (χ3v) is 4.26. The highest BCUT2D eigenvalue weighted by Gasteiger charge is 2.21. The lowest BCUT2D eigenvalue weighted by Gasteiger charge is -2.19. The highest BCUT2D eigenvalue weighted by Crippen LogP contribution is 2.33. The standard InChI is InChI=1S/C18H14N4O3S/c23-15(20-9-12-3-1-2-6-19-12)10-4-5-14-11(7-10)8-13-16(24)21-18(26)22-17(13)25-14/h1-7H,8-9H2,(H,20,23)(H2,21,22,24,26). The molecule has 0 radical (unpaired) electrons. The van der Waals surface area contributed by atoms with Gasteiger partial charge in [0.2, 0.25) is 5.88 Å². The van der Waals surface area contributed by atoms with Gasteiger partial charge in [-0.25, -0.2) is 0 Å². The van der Waals surface area contributed by atoms with Crippen LogP contribution in [0.2, 0.25) is 0 Å². The molecule has 130 valence electrons. The molecule has 26 heavy (non-hydrogen) atoms. The van der Waals surface area contributed by atoms with Gasteiger partial charge in [-0.1, -0.05) is 6.07 Å². The summed E-state index contributed by atoms with van der Waals surface area (Å²) in [6, 6.07) is 10.7. The summed E-state index contributed by atoms with van der Waals surface area (Å²) in [5.41, 5.74) is 2.19. The van der Waals surface area contributed by atoms with Crippen molar-refractivity contribution in [3.05, 3.63) is 80.1 Å². The van der Waals surface area contributed by atoms with Crippen molar-refractivity contribution in [2.45, 2.75) is 13.0 Å². The Morgan fingerprint density at radius 1 is 1.27 bits per heavy atom. The van der Waals surface area contributed by atoms with Crippen LogP contribution in [0, 0.1) is 4.77 Å². The van der Waals surface area contributed by atoms with E-state index in [0.717, 1.165) is 11.3 Å². The van der Waals surface area contributed by atoms with Crippen LogP contribution in [0.3, 0.4) is 0 Å². The van der Waals surface area contributed by atoms with Crippen molar-refractivity contribution in [3.8, 4) is 11.6 Å². The van der Waals surface area contributed by atoms with Gasteiger partial charge in [-0.15, -0.1) is 0 Å². The molecule has 7 nitrogen and oxygen atoms in total. The average Bonchev–Trinajstić information content (AvgIpc) is 2.65. The van der Waals surface area contributed by atoms with Crippen molar-refractivity contribution in [2.75, 3.05) is 0 Å². The van der Waals surface area contributed by atoms with Crippen LogP contribution in [0.25, 0.3) is 0 Å². The van der Waals surface area contributed by atoms with Crippen molar-refractivity contribution in [1.29, 1.82) is 0 Å². The van der Waals surface area contributed by atoms with Gasteiger partial charge >= 0.3 is 0 Å². The molecule has 0 aliphatic carbocycles. The van der Waals surface area contributed by atoms with E-state index in [1.165, 1.54) is 0 Å². The van der Waals surface area contributed by atoms with Gasteiger partial charge in [0.15, 0.2) is 4.77 Å². The zero-order valence-corrected chi connectivity index (χ0v) is 14.4. The number of ether oxygens (including phenoxy) is 1. The van der Waals surface area contributed by atoms with Crippen LogP contribution in [-0.4, -0.2) is 20.9 Å².